The summed E-state index contributed by atoms with van der Waals surface area (Å²) in [4.78, 5) is 28.5. The second kappa shape index (κ2) is 4.12. The Morgan fingerprint density at radius 1 is 1.56 bits per heavy atom. The third-order valence-corrected chi connectivity index (χ3v) is 3.10. The van der Waals surface area contributed by atoms with Crippen LogP contribution < -0.4 is 5.43 Å². The molecule has 1 atom stereocenters. The summed E-state index contributed by atoms with van der Waals surface area (Å²) >= 11 is 0. The van der Waals surface area contributed by atoms with Gasteiger partial charge in [0.1, 0.15) is 5.56 Å². The van der Waals surface area contributed by atoms with Crippen molar-refractivity contribution >= 4 is 5.91 Å². The summed E-state index contributed by atoms with van der Waals surface area (Å²) in [6, 6.07) is 1.71. The highest BCUT2D eigenvalue weighted by molar-refractivity contribution is 5.94. The first-order valence-electron chi connectivity index (χ1n) is 5.60. The molecule has 1 aromatic heterocycles. The lowest BCUT2D eigenvalue weighted by Gasteiger charge is -2.20. The van der Waals surface area contributed by atoms with Crippen molar-refractivity contribution in [2.24, 2.45) is 0 Å². The molecule has 0 spiro atoms. The van der Waals surface area contributed by atoms with Crippen molar-refractivity contribution in [3.8, 4) is 0 Å². The van der Waals surface area contributed by atoms with Gasteiger partial charge >= 0.3 is 0 Å². The highest BCUT2D eigenvalue weighted by atomic mass is 16.2. The largest absolute Gasteiger partial charge is 0.364 e. The van der Waals surface area contributed by atoms with E-state index in [4.69, 9.17) is 0 Å². The zero-order chi connectivity index (χ0) is 11.7. The number of nitrogens with one attached hydrogen (secondary N) is 1. The maximum atomic E-state index is 12.1. The normalized spacial score (nSPS) is 20.1. The molecule has 2 heterocycles. The Morgan fingerprint density at radius 2 is 2.31 bits per heavy atom. The summed E-state index contributed by atoms with van der Waals surface area (Å²) in [5.41, 5.74) is 0.829. The zero-order valence-corrected chi connectivity index (χ0v) is 9.62. The molecule has 2 rings (SSSR count). The lowest BCUT2D eigenvalue weighted by Crippen LogP contribution is -2.36. The van der Waals surface area contributed by atoms with E-state index in [1.165, 1.54) is 12.3 Å². The number of aromatic amines is 1. The van der Waals surface area contributed by atoms with Crippen molar-refractivity contribution in [3.05, 3.63) is 33.7 Å². The molecule has 1 aliphatic heterocycles. The summed E-state index contributed by atoms with van der Waals surface area (Å²) in [6.07, 6.45) is 3.57. The van der Waals surface area contributed by atoms with Crippen molar-refractivity contribution in [1.29, 1.82) is 0 Å². The van der Waals surface area contributed by atoms with Gasteiger partial charge in [0.25, 0.3) is 5.91 Å². The lowest BCUT2D eigenvalue weighted by molar-refractivity contribution is 0.0746. The summed E-state index contributed by atoms with van der Waals surface area (Å²) in [5.74, 6) is -0.147. The van der Waals surface area contributed by atoms with Crippen molar-refractivity contribution in [2.75, 3.05) is 6.54 Å². The van der Waals surface area contributed by atoms with Gasteiger partial charge in [-0.15, -0.1) is 0 Å². The molecule has 0 saturated carbocycles. The van der Waals surface area contributed by atoms with Crippen molar-refractivity contribution in [3.63, 3.8) is 0 Å². The number of hydrogen-bond donors (Lipinski definition) is 1. The van der Waals surface area contributed by atoms with Crippen LogP contribution in [0.4, 0.5) is 0 Å². The number of likely N-dealkylation sites (tertiary alicyclic amines) is 1. The molecule has 1 N–H and O–H groups in total. The standard InChI is InChI=1S/C12H16N2O2/c1-8-6-11(15)10(7-13-8)12(16)14-5-3-4-9(14)2/h6-7,9H,3-5H2,1-2H3,(H,13,15). The van der Waals surface area contributed by atoms with E-state index in [2.05, 4.69) is 4.98 Å². The van der Waals surface area contributed by atoms with Crippen LogP contribution in [0.25, 0.3) is 0 Å². The number of nitrogens with zero attached hydrogens (tertiary/aromatic N) is 1. The highest BCUT2D eigenvalue weighted by Crippen LogP contribution is 2.18. The molecule has 4 heteroatoms. The van der Waals surface area contributed by atoms with Crippen molar-refractivity contribution in [2.45, 2.75) is 32.7 Å². The van der Waals surface area contributed by atoms with Crippen LogP contribution in [-0.4, -0.2) is 28.4 Å². The fourth-order valence-corrected chi connectivity index (χ4v) is 2.13. The van der Waals surface area contributed by atoms with Gasteiger partial charge in [0, 0.05) is 30.5 Å². The van der Waals surface area contributed by atoms with E-state index in [1.54, 1.807) is 11.8 Å². The first-order valence-corrected chi connectivity index (χ1v) is 5.60. The summed E-state index contributed by atoms with van der Waals surface area (Å²) in [7, 11) is 0. The minimum absolute atomic E-state index is 0.147. The molecular weight excluding hydrogens is 204 g/mol. The van der Waals surface area contributed by atoms with Crippen LogP contribution in [-0.2, 0) is 0 Å². The second-order valence-corrected chi connectivity index (χ2v) is 4.38. The third-order valence-electron chi connectivity index (χ3n) is 3.10. The molecule has 0 aromatic carbocycles. The molecule has 1 aromatic rings. The first kappa shape index (κ1) is 10.9. The minimum Gasteiger partial charge on any atom is -0.364 e. The Balaban J connectivity index is 2.30. The van der Waals surface area contributed by atoms with Crippen LogP contribution >= 0.6 is 0 Å². The molecule has 86 valence electrons. The van der Waals surface area contributed by atoms with Crippen LogP contribution in [0.2, 0.25) is 0 Å². The first-order chi connectivity index (χ1) is 7.59. The van der Waals surface area contributed by atoms with Crippen LogP contribution in [0, 0.1) is 6.92 Å². The topological polar surface area (TPSA) is 53.2 Å². The predicted molar refractivity (Wildman–Crippen MR) is 61.5 cm³/mol. The third kappa shape index (κ3) is 1.87. The van der Waals surface area contributed by atoms with Crippen molar-refractivity contribution in [1.82, 2.24) is 9.88 Å². The summed E-state index contributed by atoms with van der Waals surface area (Å²) < 4.78 is 0. The molecular formula is C12H16N2O2. The summed E-state index contributed by atoms with van der Waals surface area (Å²) in [5, 5.41) is 0. The molecule has 16 heavy (non-hydrogen) atoms. The summed E-state index contributed by atoms with van der Waals surface area (Å²) in [6.45, 7) is 4.58. The van der Waals surface area contributed by atoms with Crippen LogP contribution in [0.5, 0.6) is 0 Å². The highest BCUT2D eigenvalue weighted by Gasteiger charge is 2.27. The molecule has 4 nitrogen and oxygen atoms in total. The molecule has 1 aliphatic rings. The van der Waals surface area contributed by atoms with E-state index in [-0.39, 0.29) is 22.9 Å². The Bertz CT molecular complexity index is 464. The van der Waals surface area contributed by atoms with E-state index in [9.17, 15) is 9.59 Å². The van der Waals surface area contributed by atoms with E-state index in [0.717, 1.165) is 25.1 Å². The Morgan fingerprint density at radius 3 is 2.88 bits per heavy atom. The zero-order valence-electron chi connectivity index (χ0n) is 9.62. The van der Waals surface area contributed by atoms with Gasteiger partial charge in [-0.2, -0.15) is 0 Å². The van der Waals surface area contributed by atoms with Crippen LogP contribution in [0.1, 0.15) is 35.8 Å². The maximum absolute atomic E-state index is 12.1. The van der Waals surface area contributed by atoms with Gasteiger partial charge in [0.2, 0.25) is 0 Å². The molecule has 0 bridgehead atoms. The number of aromatic nitrogens is 1. The minimum atomic E-state index is -0.194. The van der Waals surface area contributed by atoms with E-state index in [1.807, 2.05) is 6.92 Å². The number of carbonyl (C=O) groups excluding carboxylic acids is 1. The van der Waals surface area contributed by atoms with Gasteiger partial charge in [-0.05, 0) is 26.7 Å². The van der Waals surface area contributed by atoms with Crippen LogP contribution in [0.3, 0.4) is 0 Å². The van der Waals surface area contributed by atoms with Gasteiger partial charge in [-0.25, -0.2) is 0 Å². The molecule has 1 amide bonds. The van der Waals surface area contributed by atoms with Gasteiger partial charge in [-0.3, -0.25) is 9.59 Å². The lowest BCUT2D eigenvalue weighted by atomic mass is 10.2. The fourth-order valence-electron chi connectivity index (χ4n) is 2.13. The average Bonchev–Trinajstić information content (AvgIpc) is 2.63. The Kier molecular flexibility index (Phi) is 2.81. The van der Waals surface area contributed by atoms with Gasteiger partial charge < -0.3 is 9.88 Å². The Hall–Kier alpha value is -1.58. The number of rotatable bonds is 1. The van der Waals surface area contributed by atoms with Gasteiger partial charge in [0.15, 0.2) is 5.43 Å². The molecule has 0 radical (unpaired) electrons. The number of carbonyl (C=O) groups is 1. The molecule has 1 unspecified atom stereocenters. The second-order valence-electron chi connectivity index (χ2n) is 4.38. The predicted octanol–water partition coefficient (Wildman–Crippen LogP) is 1.31. The smallest absolute Gasteiger partial charge is 0.259 e. The molecule has 1 saturated heterocycles. The Labute approximate surface area is 94.3 Å². The quantitative estimate of drug-likeness (QED) is 0.775. The number of H-pyrrole nitrogens is 1. The number of amides is 1. The fraction of sp³-hybridized carbons (Fsp3) is 0.500. The maximum Gasteiger partial charge on any atom is 0.259 e. The van der Waals surface area contributed by atoms with E-state index >= 15 is 0 Å². The number of pyridine rings is 1. The van der Waals surface area contributed by atoms with Gasteiger partial charge in [0.05, 0.1) is 0 Å². The van der Waals surface area contributed by atoms with E-state index < -0.39 is 0 Å². The van der Waals surface area contributed by atoms with Crippen molar-refractivity contribution < 1.29 is 4.79 Å². The number of aryl methyl sites for hydroxylation is 1. The number of hydrogen-bond acceptors (Lipinski definition) is 2. The monoisotopic (exact) mass is 220 g/mol. The van der Waals surface area contributed by atoms with Crippen LogP contribution in [0.15, 0.2) is 17.1 Å². The molecule has 1 fully saturated rings. The SMILES string of the molecule is Cc1cc(=O)c(C(=O)N2CCCC2C)c[nH]1. The van der Waals surface area contributed by atoms with E-state index in [0.29, 0.717) is 0 Å². The van der Waals surface area contributed by atoms with Gasteiger partial charge in [-0.1, -0.05) is 0 Å². The average molecular weight is 220 g/mol. The molecule has 0 aliphatic carbocycles.